The molecular weight excluding hydrogens is 321 g/mol. The molecule has 0 aromatic heterocycles. The summed E-state index contributed by atoms with van der Waals surface area (Å²) in [5.74, 6) is -0.143. The van der Waals surface area contributed by atoms with Crippen LogP contribution in [0.3, 0.4) is 0 Å². The van der Waals surface area contributed by atoms with Crippen LogP contribution in [-0.4, -0.2) is 24.8 Å². The molecule has 1 heterocycles. The summed E-state index contributed by atoms with van der Waals surface area (Å²) in [6, 6.07) is 5.26. The van der Waals surface area contributed by atoms with Crippen LogP contribution >= 0.6 is 15.9 Å². The highest BCUT2D eigenvalue weighted by molar-refractivity contribution is 9.10. The van der Waals surface area contributed by atoms with Crippen LogP contribution in [0.1, 0.15) is 38.7 Å². The Bertz CT molecular complexity index is 446. The molecule has 20 heavy (non-hydrogen) atoms. The zero-order valence-electron chi connectivity index (χ0n) is 12.2. The second kappa shape index (κ2) is 7.01. The van der Waals surface area contributed by atoms with Crippen molar-refractivity contribution in [2.24, 2.45) is 0 Å². The van der Waals surface area contributed by atoms with E-state index in [0.29, 0.717) is 6.42 Å². The van der Waals surface area contributed by atoms with Crippen molar-refractivity contribution in [3.8, 4) is 0 Å². The van der Waals surface area contributed by atoms with E-state index >= 15 is 0 Å². The number of hydrogen-bond acceptors (Lipinski definition) is 2. The molecule has 0 bridgehead atoms. The Morgan fingerprint density at radius 3 is 2.90 bits per heavy atom. The number of hydrogen-bond donors (Lipinski definition) is 1. The molecule has 4 heteroatoms. The first kappa shape index (κ1) is 15.9. The van der Waals surface area contributed by atoms with Crippen molar-refractivity contribution in [1.82, 2.24) is 5.32 Å². The molecular formula is C16H23BrFNO. The van der Waals surface area contributed by atoms with Crippen molar-refractivity contribution in [2.75, 3.05) is 13.2 Å². The summed E-state index contributed by atoms with van der Waals surface area (Å²) in [4.78, 5) is 0. The number of ether oxygens (including phenoxy) is 1. The van der Waals surface area contributed by atoms with E-state index in [-0.39, 0.29) is 17.5 Å². The molecule has 1 aromatic rings. The van der Waals surface area contributed by atoms with E-state index in [0.717, 1.165) is 36.0 Å². The SMILES string of the molecule is CCNC(Cc1cc(Br)ccc1F)C1(C)CCCCO1. The highest BCUT2D eigenvalue weighted by Gasteiger charge is 2.36. The van der Waals surface area contributed by atoms with Gasteiger partial charge in [0, 0.05) is 17.1 Å². The van der Waals surface area contributed by atoms with Gasteiger partial charge in [-0.2, -0.15) is 0 Å². The number of likely N-dealkylation sites (N-methyl/N-ethyl adjacent to an activating group) is 1. The zero-order valence-corrected chi connectivity index (χ0v) is 13.8. The molecule has 1 fully saturated rings. The fraction of sp³-hybridized carbons (Fsp3) is 0.625. The van der Waals surface area contributed by atoms with E-state index in [2.05, 4.69) is 35.1 Å². The molecule has 2 atom stereocenters. The highest BCUT2D eigenvalue weighted by atomic mass is 79.9. The Balaban J connectivity index is 2.18. The lowest BCUT2D eigenvalue weighted by Crippen LogP contribution is -2.53. The maximum atomic E-state index is 14.0. The van der Waals surface area contributed by atoms with Gasteiger partial charge in [-0.25, -0.2) is 4.39 Å². The third kappa shape index (κ3) is 3.80. The van der Waals surface area contributed by atoms with Crippen molar-refractivity contribution >= 4 is 15.9 Å². The minimum absolute atomic E-state index is 0.136. The van der Waals surface area contributed by atoms with Gasteiger partial charge in [-0.15, -0.1) is 0 Å². The second-order valence-corrected chi connectivity index (χ2v) is 6.58. The van der Waals surface area contributed by atoms with E-state index in [1.54, 1.807) is 6.07 Å². The van der Waals surface area contributed by atoms with Gasteiger partial charge in [0.15, 0.2) is 0 Å². The Hall–Kier alpha value is -0.450. The summed E-state index contributed by atoms with van der Waals surface area (Å²) in [5.41, 5.74) is 0.531. The standard InChI is InChI=1S/C16H23BrFNO/c1-3-19-15(16(2)8-4-5-9-20-16)11-12-10-13(17)6-7-14(12)18/h6-7,10,15,19H,3-5,8-9,11H2,1-2H3. The minimum Gasteiger partial charge on any atom is -0.374 e. The smallest absolute Gasteiger partial charge is 0.126 e. The molecule has 0 spiro atoms. The van der Waals surface area contributed by atoms with Crippen molar-refractivity contribution in [2.45, 2.75) is 51.2 Å². The second-order valence-electron chi connectivity index (χ2n) is 5.67. The first-order valence-corrected chi connectivity index (χ1v) is 8.16. The summed E-state index contributed by atoms with van der Waals surface area (Å²) < 4.78 is 20.9. The van der Waals surface area contributed by atoms with Gasteiger partial charge in [-0.05, 0) is 62.9 Å². The summed E-state index contributed by atoms with van der Waals surface area (Å²) in [6.45, 7) is 5.89. The van der Waals surface area contributed by atoms with E-state index in [1.165, 1.54) is 12.5 Å². The van der Waals surface area contributed by atoms with Crippen LogP contribution in [0.5, 0.6) is 0 Å². The van der Waals surface area contributed by atoms with Crippen molar-refractivity contribution < 1.29 is 9.13 Å². The van der Waals surface area contributed by atoms with Gasteiger partial charge in [-0.1, -0.05) is 22.9 Å². The van der Waals surface area contributed by atoms with Crippen LogP contribution in [-0.2, 0) is 11.2 Å². The largest absolute Gasteiger partial charge is 0.374 e. The van der Waals surface area contributed by atoms with Crippen molar-refractivity contribution in [1.29, 1.82) is 0 Å². The minimum atomic E-state index is -0.205. The molecule has 1 aliphatic heterocycles. The van der Waals surface area contributed by atoms with Gasteiger partial charge < -0.3 is 10.1 Å². The number of benzene rings is 1. The molecule has 0 saturated carbocycles. The van der Waals surface area contributed by atoms with Crippen molar-refractivity contribution in [3.05, 3.63) is 34.1 Å². The Labute approximate surface area is 129 Å². The number of nitrogens with one attached hydrogen (secondary N) is 1. The number of rotatable bonds is 5. The lowest BCUT2D eigenvalue weighted by Gasteiger charge is -2.41. The lowest BCUT2D eigenvalue weighted by atomic mass is 9.84. The fourth-order valence-corrected chi connectivity index (χ4v) is 3.31. The van der Waals surface area contributed by atoms with E-state index in [4.69, 9.17) is 4.74 Å². The van der Waals surface area contributed by atoms with Gasteiger partial charge >= 0.3 is 0 Å². The molecule has 1 N–H and O–H groups in total. The molecule has 2 nitrogen and oxygen atoms in total. The Kier molecular flexibility index (Phi) is 5.58. The topological polar surface area (TPSA) is 21.3 Å². The maximum absolute atomic E-state index is 14.0. The summed E-state index contributed by atoms with van der Waals surface area (Å²) >= 11 is 3.42. The average molecular weight is 344 g/mol. The lowest BCUT2D eigenvalue weighted by molar-refractivity contribution is -0.0882. The molecule has 2 rings (SSSR count). The first-order valence-electron chi connectivity index (χ1n) is 7.36. The molecule has 112 valence electrons. The van der Waals surface area contributed by atoms with Gasteiger partial charge in [0.25, 0.3) is 0 Å². The van der Waals surface area contributed by atoms with Crippen molar-refractivity contribution in [3.63, 3.8) is 0 Å². The third-order valence-corrected chi connectivity index (χ3v) is 4.61. The Morgan fingerprint density at radius 2 is 2.25 bits per heavy atom. The average Bonchev–Trinajstić information content (AvgIpc) is 2.43. The van der Waals surface area contributed by atoms with E-state index < -0.39 is 0 Å². The molecule has 0 radical (unpaired) electrons. The maximum Gasteiger partial charge on any atom is 0.126 e. The molecule has 0 amide bonds. The van der Waals surface area contributed by atoms with Gasteiger partial charge in [0.2, 0.25) is 0 Å². The van der Waals surface area contributed by atoms with Crippen LogP contribution in [0.4, 0.5) is 4.39 Å². The summed E-state index contributed by atoms with van der Waals surface area (Å²) in [7, 11) is 0. The molecule has 1 saturated heterocycles. The molecule has 1 aromatic carbocycles. The van der Waals surface area contributed by atoms with E-state index in [9.17, 15) is 4.39 Å². The molecule has 2 unspecified atom stereocenters. The quantitative estimate of drug-likeness (QED) is 0.870. The Morgan fingerprint density at radius 1 is 1.45 bits per heavy atom. The third-order valence-electron chi connectivity index (χ3n) is 4.12. The number of halogens is 2. The van der Waals surface area contributed by atoms with Crippen LogP contribution in [0.2, 0.25) is 0 Å². The predicted octanol–water partition coefficient (Wildman–Crippen LogP) is 4.07. The predicted molar refractivity (Wildman–Crippen MR) is 83.5 cm³/mol. The van der Waals surface area contributed by atoms with Crippen LogP contribution < -0.4 is 5.32 Å². The highest BCUT2D eigenvalue weighted by Crippen LogP contribution is 2.30. The van der Waals surface area contributed by atoms with Gasteiger partial charge in [-0.3, -0.25) is 0 Å². The monoisotopic (exact) mass is 343 g/mol. The first-order chi connectivity index (χ1) is 9.55. The summed E-state index contributed by atoms with van der Waals surface area (Å²) in [6.07, 6.45) is 3.98. The van der Waals surface area contributed by atoms with Crippen LogP contribution in [0.25, 0.3) is 0 Å². The fourth-order valence-electron chi connectivity index (χ4n) is 2.90. The van der Waals surface area contributed by atoms with Crippen LogP contribution in [0.15, 0.2) is 22.7 Å². The van der Waals surface area contributed by atoms with E-state index in [1.807, 2.05) is 6.07 Å². The molecule has 0 aliphatic carbocycles. The van der Waals surface area contributed by atoms with Gasteiger partial charge in [0.1, 0.15) is 5.82 Å². The summed E-state index contributed by atoms with van der Waals surface area (Å²) in [5, 5.41) is 3.48. The zero-order chi connectivity index (χ0) is 14.6. The normalized spacial score (nSPS) is 24.6. The van der Waals surface area contributed by atoms with Crippen LogP contribution in [0, 0.1) is 5.82 Å². The van der Waals surface area contributed by atoms with Gasteiger partial charge in [0.05, 0.1) is 5.60 Å². The molecule has 1 aliphatic rings.